The van der Waals surface area contributed by atoms with Crippen LogP contribution in [0.15, 0.2) is 18.2 Å². The van der Waals surface area contributed by atoms with E-state index in [-0.39, 0.29) is 23.4 Å². The van der Waals surface area contributed by atoms with Gasteiger partial charge in [-0.2, -0.15) is 8.78 Å². The number of methoxy groups -OCH3 is 1. The van der Waals surface area contributed by atoms with Crippen molar-refractivity contribution in [2.24, 2.45) is 0 Å². The van der Waals surface area contributed by atoms with Crippen LogP contribution in [0.25, 0.3) is 0 Å². The van der Waals surface area contributed by atoms with Crippen molar-refractivity contribution in [3.63, 3.8) is 0 Å². The summed E-state index contributed by atoms with van der Waals surface area (Å²) in [6, 6.07) is 4.33. The maximum absolute atomic E-state index is 12.4. The molecule has 1 heterocycles. The fourth-order valence-electron chi connectivity index (χ4n) is 2.33. The molecule has 1 atom stereocenters. The monoisotopic (exact) mass is 300 g/mol. The highest BCUT2D eigenvalue weighted by Gasteiger charge is 2.24. The zero-order valence-electron chi connectivity index (χ0n) is 11.9. The first kappa shape index (κ1) is 15.5. The van der Waals surface area contributed by atoms with Gasteiger partial charge in [0.1, 0.15) is 0 Å². The van der Waals surface area contributed by atoms with Crippen LogP contribution in [-0.2, 0) is 0 Å². The molecule has 1 aliphatic rings. The summed E-state index contributed by atoms with van der Waals surface area (Å²) in [6.45, 7) is -1.30. The summed E-state index contributed by atoms with van der Waals surface area (Å²) in [5.41, 5.74) is 0.378. The fraction of sp³-hybridized carbons (Fsp3) is 0.500. The van der Waals surface area contributed by atoms with Gasteiger partial charge < -0.3 is 19.7 Å². The highest BCUT2D eigenvalue weighted by molar-refractivity contribution is 5.95. The van der Waals surface area contributed by atoms with Crippen molar-refractivity contribution in [1.82, 2.24) is 10.2 Å². The molecule has 2 rings (SSSR count). The van der Waals surface area contributed by atoms with Crippen LogP contribution in [0.3, 0.4) is 0 Å². The quantitative estimate of drug-likeness (QED) is 0.900. The van der Waals surface area contributed by atoms with Gasteiger partial charge in [-0.15, -0.1) is 0 Å². The van der Waals surface area contributed by atoms with Crippen molar-refractivity contribution >= 4 is 5.91 Å². The van der Waals surface area contributed by atoms with Gasteiger partial charge in [-0.1, -0.05) is 0 Å². The molecule has 1 unspecified atom stereocenters. The topological polar surface area (TPSA) is 50.8 Å². The summed E-state index contributed by atoms with van der Waals surface area (Å²) < 4.78 is 33.9. The molecule has 0 spiro atoms. The second-order valence-corrected chi connectivity index (χ2v) is 4.81. The van der Waals surface area contributed by atoms with Crippen LogP contribution >= 0.6 is 0 Å². The van der Waals surface area contributed by atoms with E-state index in [0.29, 0.717) is 5.56 Å². The Bertz CT molecular complexity index is 505. The largest absolute Gasteiger partial charge is 0.493 e. The van der Waals surface area contributed by atoms with Gasteiger partial charge in [0, 0.05) is 25.2 Å². The van der Waals surface area contributed by atoms with Crippen molar-refractivity contribution in [1.29, 1.82) is 0 Å². The average Bonchev–Trinajstić information content (AvgIpc) is 2.99. The van der Waals surface area contributed by atoms with E-state index in [1.807, 2.05) is 0 Å². The highest BCUT2D eigenvalue weighted by Crippen LogP contribution is 2.30. The van der Waals surface area contributed by atoms with Crippen LogP contribution in [0, 0.1) is 0 Å². The molecule has 0 radical (unpaired) electrons. The maximum atomic E-state index is 12.4. The molecule has 0 aromatic heterocycles. The number of nitrogens with one attached hydrogen (secondary N) is 1. The van der Waals surface area contributed by atoms with Crippen LogP contribution in [0.2, 0.25) is 0 Å². The number of hydrogen-bond acceptors (Lipinski definition) is 4. The summed E-state index contributed by atoms with van der Waals surface area (Å²) in [5, 5.41) is 3.19. The first-order chi connectivity index (χ1) is 10.0. The van der Waals surface area contributed by atoms with Crippen molar-refractivity contribution in [2.75, 3.05) is 27.2 Å². The van der Waals surface area contributed by atoms with E-state index < -0.39 is 6.61 Å². The van der Waals surface area contributed by atoms with E-state index in [4.69, 9.17) is 4.74 Å². The Kier molecular flexibility index (Phi) is 4.95. The third-order valence-electron chi connectivity index (χ3n) is 3.53. The van der Waals surface area contributed by atoms with Crippen LogP contribution in [0.4, 0.5) is 8.78 Å². The van der Waals surface area contributed by atoms with Gasteiger partial charge in [-0.25, -0.2) is 0 Å². The lowest BCUT2D eigenvalue weighted by atomic mass is 10.1. The third-order valence-corrected chi connectivity index (χ3v) is 3.53. The number of halogens is 2. The smallest absolute Gasteiger partial charge is 0.387 e. The third kappa shape index (κ3) is 3.60. The summed E-state index contributed by atoms with van der Waals surface area (Å²) in [6.07, 6.45) is 0.895. The number of rotatable bonds is 5. The first-order valence-corrected chi connectivity index (χ1v) is 6.63. The Morgan fingerprint density at radius 3 is 2.76 bits per heavy atom. The Labute approximate surface area is 121 Å². The van der Waals surface area contributed by atoms with Crippen molar-refractivity contribution in [2.45, 2.75) is 19.1 Å². The molecule has 0 bridgehead atoms. The molecule has 1 fully saturated rings. The van der Waals surface area contributed by atoms with E-state index in [1.54, 1.807) is 11.9 Å². The number of carbonyl (C=O) groups excluding carboxylic acids is 1. The van der Waals surface area contributed by atoms with Crippen LogP contribution in [0.1, 0.15) is 16.8 Å². The predicted octanol–water partition coefficient (Wildman–Crippen LogP) is 1.73. The van der Waals surface area contributed by atoms with E-state index in [2.05, 4.69) is 10.1 Å². The second-order valence-electron chi connectivity index (χ2n) is 4.81. The molecule has 1 aromatic carbocycles. The molecule has 7 heteroatoms. The molecule has 1 saturated heterocycles. The van der Waals surface area contributed by atoms with Crippen molar-refractivity contribution < 1.29 is 23.0 Å². The number of benzene rings is 1. The van der Waals surface area contributed by atoms with Gasteiger partial charge >= 0.3 is 6.61 Å². The number of nitrogens with zero attached hydrogens (tertiary/aromatic N) is 1. The minimum Gasteiger partial charge on any atom is -0.493 e. The Balaban J connectivity index is 2.17. The van der Waals surface area contributed by atoms with Gasteiger partial charge in [0.2, 0.25) is 0 Å². The molecule has 116 valence electrons. The molecule has 21 heavy (non-hydrogen) atoms. The van der Waals surface area contributed by atoms with Gasteiger partial charge in [-0.3, -0.25) is 4.79 Å². The highest BCUT2D eigenvalue weighted by atomic mass is 19.3. The molecule has 1 aromatic rings. The normalized spacial score (nSPS) is 17.9. The number of hydrogen-bond donors (Lipinski definition) is 1. The number of ether oxygens (including phenoxy) is 2. The zero-order chi connectivity index (χ0) is 15.4. The lowest BCUT2D eigenvalue weighted by Gasteiger charge is -2.24. The molecular formula is C14H18F2N2O3. The maximum Gasteiger partial charge on any atom is 0.387 e. The summed E-state index contributed by atoms with van der Waals surface area (Å²) in [5.74, 6) is -0.154. The SMILES string of the molecule is COc1cc(C(=O)N(C)C2CCNC2)ccc1OC(F)F. The Hall–Kier alpha value is -1.89. The fourth-order valence-corrected chi connectivity index (χ4v) is 2.33. The van der Waals surface area contributed by atoms with Gasteiger partial charge in [0.15, 0.2) is 11.5 Å². The zero-order valence-corrected chi connectivity index (χ0v) is 11.9. The van der Waals surface area contributed by atoms with E-state index in [0.717, 1.165) is 19.5 Å². The van der Waals surface area contributed by atoms with E-state index in [9.17, 15) is 13.6 Å². The summed E-state index contributed by atoms with van der Waals surface area (Å²) in [4.78, 5) is 14.0. The van der Waals surface area contributed by atoms with Gasteiger partial charge in [0.25, 0.3) is 5.91 Å². The van der Waals surface area contributed by atoms with Gasteiger partial charge in [0.05, 0.1) is 7.11 Å². The lowest BCUT2D eigenvalue weighted by molar-refractivity contribution is -0.0512. The second kappa shape index (κ2) is 6.71. The molecule has 5 nitrogen and oxygen atoms in total. The van der Waals surface area contributed by atoms with Crippen molar-refractivity contribution in [3.8, 4) is 11.5 Å². The van der Waals surface area contributed by atoms with Crippen LogP contribution in [0.5, 0.6) is 11.5 Å². The van der Waals surface area contributed by atoms with Crippen LogP contribution < -0.4 is 14.8 Å². The van der Waals surface area contributed by atoms with E-state index >= 15 is 0 Å². The molecule has 0 aliphatic carbocycles. The molecule has 1 amide bonds. The standard InChI is InChI=1S/C14H18F2N2O3/c1-18(10-5-6-17-8-10)13(19)9-3-4-11(21-14(15)16)12(7-9)20-2/h3-4,7,10,14,17H,5-6,8H2,1-2H3. The Morgan fingerprint density at radius 2 is 2.19 bits per heavy atom. The summed E-state index contributed by atoms with van der Waals surface area (Å²) in [7, 11) is 3.07. The minimum absolute atomic E-state index is 0.0887. The molecular weight excluding hydrogens is 282 g/mol. The molecule has 1 N–H and O–H groups in total. The van der Waals surface area contributed by atoms with E-state index in [1.165, 1.54) is 25.3 Å². The minimum atomic E-state index is -2.94. The number of amides is 1. The summed E-state index contributed by atoms with van der Waals surface area (Å²) >= 11 is 0. The average molecular weight is 300 g/mol. The molecule has 0 saturated carbocycles. The number of alkyl halides is 2. The number of carbonyl (C=O) groups is 1. The molecule has 1 aliphatic heterocycles. The predicted molar refractivity (Wildman–Crippen MR) is 73.0 cm³/mol. The Morgan fingerprint density at radius 1 is 1.43 bits per heavy atom. The van der Waals surface area contributed by atoms with Crippen molar-refractivity contribution in [3.05, 3.63) is 23.8 Å². The first-order valence-electron chi connectivity index (χ1n) is 6.63. The lowest BCUT2D eigenvalue weighted by Crippen LogP contribution is -2.38. The van der Waals surface area contributed by atoms with Gasteiger partial charge in [-0.05, 0) is 31.2 Å². The number of likely N-dealkylation sites (N-methyl/N-ethyl adjacent to an activating group) is 1. The van der Waals surface area contributed by atoms with Crippen LogP contribution in [-0.4, -0.2) is 50.7 Å².